The smallest absolute Gasteiger partial charge is 0.258 e. The summed E-state index contributed by atoms with van der Waals surface area (Å²) in [5.41, 5.74) is 4.30. The summed E-state index contributed by atoms with van der Waals surface area (Å²) in [6.07, 6.45) is 3.15. The number of hydrogen-bond donors (Lipinski definition) is 0. The molecule has 5 rings (SSSR count). The van der Waals surface area contributed by atoms with Gasteiger partial charge in [0.2, 0.25) is 0 Å². The van der Waals surface area contributed by atoms with Gasteiger partial charge >= 0.3 is 0 Å². The third kappa shape index (κ3) is 3.25. The molecule has 0 aliphatic heterocycles. The Morgan fingerprint density at radius 1 is 0.968 bits per heavy atom. The number of nitrogens with zero attached hydrogens (tertiary/aromatic N) is 5. The maximum Gasteiger partial charge on any atom is 0.298 e. The van der Waals surface area contributed by atoms with E-state index < -0.39 is 4.92 Å². The number of nitro benzene ring substituents is 1. The van der Waals surface area contributed by atoms with Gasteiger partial charge in [-0.2, -0.15) is 5.10 Å². The minimum atomic E-state index is -0.471. The third-order valence-electron chi connectivity index (χ3n) is 5.08. The number of nitro groups is 1. The molecular formula is C23H14ClN5O2. The average molecular weight is 428 g/mol. The van der Waals surface area contributed by atoms with E-state index in [0.717, 1.165) is 11.1 Å². The standard InChI is InChI=1S/C23H14ClN5O2/c1-13-5-4-6-14(9-13)19-12-25-21-16(22(27-19)15-7-2-3-8-18(15)24)10-20(29(30)31)23-17(21)11-26-28-23/h2-12H,1H3. The Labute approximate surface area is 181 Å². The van der Waals surface area contributed by atoms with E-state index in [1.807, 2.05) is 49.4 Å². The summed E-state index contributed by atoms with van der Waals surface area (Å²) in [4.78, 5) is 20.8. The molecule has 5 aromatic rings. The van der Waals surface area contributed by atoms with Crippen LogP contribution in [0.15, 0.2) is 67.0 Å². The van der Waals surface area contributed by atoms with Crippen molar-refractivity contribution in [3.8, 4) is 22.5 Å². The number of rotatable bonds is 3. The normalized spacial score (nSPS) is 11.2. The van der Waals surface area contributed by atoms with E-state index >= 15 is 0 Å². The van der Waals surface area contributed by atoms with Gasteiger partial charge in [-0.05, 0) is 19.1 Å². The predicted molar refractivity (Wildman–Crippen MR) is 120 cm³/mol. The molecule has 0 fully saturated rings. The zero-order valence-electron chi connectivity index (χ0n) is 16.3. The third-order valence-corrected chi connectivity index (χ3v) is 5.41. The zero-order chi connectivity index (χ0) is 21.5. The van der Waals surface area contributed by atoms with Gasteiger partial charge in [0.25, 0.3) is 5.69 Å². The molecule has 3 aromatic carbocycles. The highest BCUT2D eigenvalue weighted by atomic mass is 35.5. The minimum Gasteiger partial charge on any atom is -0.258 e. The van der Waals surface area contributed by atoms with Crippen LogP contribution in [0.3, 0.4) is 0 Å². The monoisotopic (exact) mass is 427 g/mol. The van der Waals surface area contributed by atoms with E-state index in [-0.39, 0.29) is 11.2 Å². The lowest BCUT2D eigenvalue weighted by atomic mass is 10.0. The van der Waals surface area contributed by atoms with E-state index in [0.29, 0.717) is 38.3 Å². The molecule has 0 atom stereocenters. The van der Waals surface area contributed by atoms with Crippen molar-refractivity contribution >= 4 is 39.1 Å². The lowest BCUT2D eigenvalue weighted by Crippen LogP contribution is -1.92. The van der Waals surface area contributed by atoms with Gasteiger partial charge in [0.1, 0.15) is 0 Å². The Morgan fingerprint density at radius 3 is 2.58 bits per heavy atom. The second-order valence-electron chi connectivity index (χ2n) is 7.11. The number of hydrogen-bond acceptors (Lipinski definition) is 6. The lowest BCUT2D eigenvalue weighted by molar-refractivity contribution is -0.383. The molecular weight excluding hydrogens is 414 g/mol. The molecule has 150 valence electrons. The van der Waals surface area contributed by atoms with Crippen molar-refractivity contribution < 1.29 is 4.92 Å². The summed E-state index contributed by atoms with van der Waals surface area (Å²) in [6.45, 7) is 2.00. The molecule has 0 saturated carbocycles. The van der Waals surface area contributed by atoms with E-state index in [9.17, 15) is 10.1 Å². The Morgan fingerprint density at radius 2 is 1.81 bits per heavy atom. The summed E-state index contributed by atoms with van der Waals surface area (Å²) in [6, 6.07) is 16.6. The van der Waals surface area contributed by atoms with Crippen molar-refractivity contribution in [1.29, 1.82) is 0 Å². The predicted octanol–water partition coefficient (Wildman–Crippen LogP) is 5.78. The Bertz CT molecular complexity index is 1500. The SMILES string of the molecule is Cc1cccc(-c2cnc3c(cc([N+](=O)[O-])c4nncc43)c(-c3ccccc3Cl)n2)c1. The highest BCUT2D eigenvalue weighted by Gasteiger charge is 2.22. The first-order chi connectivity index (χ1) is 15.0. The summed E-state index contributed by atoms with van der Waals surface area (Å²) in [5, 5.41) is 21.1. The van der Waals surface area contributed by atoms with Crippen LogP contribution in [0.25, 0.3) is 44.3 Å². The molecule has 0 aliphatic rings. The first-order valence-electron chi connectivity index (χ1n) is 9.44. The van der Waals surface area contributed by atoms with Crippen molar-refractivity contribution in [3.63, 3.8) is 0 Å². The van der Waals surface area contributed by atoms with Crippen molar-refractivity contribution in [3.05, 3.63) is 87.7 Å². The zero-order valence-corrected chi connectivity index (χ0v) is 17.0. The summed E-state index contributed by atoms with van der Waals surface area (Å²) in [5.74, 6) is 0. The molecule has 0 amide bonds. The molecule has 7 nitrogen and oxygen atoms in total. The van der Waals surface area contributed by atoms with Crippen LogP contribution in [-0.2, 0) is 0 Å². The summed E-state index contributed by atoms with van der Waals surface area (Å²) in [7, 11) is 0. The lowest BCUT2D eigenvalue weighted by Gasteiger charge is -2.06. The van der Waals surface area contributed by atoms with Crippen LogP contribution in [0.4, 0.5) is 5.69 Å². The number of aromatic nitrogens is 4. The molecule has 0 spiro atoms. The van der Waals surface area contributed by atoms with Gasteiger partial charge in [0, 0.05) is 27.6 Å². The minimum absolute atomic E-state index is 0.153. The highest BCUT2D eigenvalue weighted by molar-refractivity contribution is 6.33. The average Bonchev–Trinajstić information content (AvgIpc) is 3.16. The molecule has 8 heteroatoms. The molecule has 0 unspecified atom stereocenters. The van der Waals surface area contributed by atoms with Crippen LogP contribution in [-0.4, -0.2) is 25.1 Å². The fourth-order valence-electron chi connectivity index (χ4n) is 3.64. The van der Waals surface area contributed by atoms with Crippen LogP contribution in [0.2, 0.25) is 5.02 Å². The molecule has 0 bridgehead atoms. The number of fused-ring (bicyclic) bond motifs is 3. The molecule has 2 aromatic heterocycles. The maximum absolute atomic E-state index is 11.7. The molecule has 0 radical (unpaired) electrons. The Hall–Kier alpha value is -3.97. The van der Waals surface area contributed by atoms with Crippen molar-refractivity contribution in [2.75, 3.05) is 0 Å². The maximum atomic E-state index is 11.7. The van der Waals surface area contributed by atoms with Crippen LogP contribution >= 0.6 is 11.6 Å². The van der Waals surface area contributed by atoms with E-state index in [1.165, 1.54) is 12.3 Å². The Kier molecular flexibility index (Phi) is 4.52. The van der Waals surface area contributed by atoms with Gasteiger partial charge in [-0.25, -0.2) is 4.98 Å². The quantitative estimate of drug-likeness (QED) is 0.267. The van der Waals surface area contributed by atoms with Crippen molar-refractivity contribution in [1.82, 2.24) is 20.2 Å². The fourth-order valence-corrected chi connectivity index (χ4v) is 3.86. The van der Waals surface area contributed by atoms with Gasteiger partial charge in [0.05, 0.1) is 39.6 Å². The van der Waals surface area contributed by atoms with Crippen LogP contribution in [0, 0.1) is 17.0 Å². The topological polar surface area (TPSA) is 94.7 Å². The van der Waals surface area contributed by atoms with Crippen LogP contribution < -0.4 is 0 Å². The number of halogens is 1. The van der Waals surface area contributed by atoms with Crippen molar-refractivity contribution in [2.24, 2.45) is 0 Å². The van der Waals surface area contributed by atoms with E-state index in [1.54, 1.807) is 12.3 Å². The fraction of sp³-hybridized carbons (Fsp3) is 0.0435. The number of benzene rings is 3. The van der Waals surface area contributed by atoms with Crippen molar-refractivity contribution in [2.45, 2.75) is 6.92 Å². The van der Waals surface area contributed by atoms with Gasteiger partial charge in [0.15, 0.2) is 5.52 Å². The largest absolute Gasteiger partial charge is 0.298 e. The highest BCUT2D eigenvalue weighted by Crippen LogP contribution is 2.37. The van der Waals surface area contributed by atoms with E-state index in [2.05, 4.69) is 15.2 Å². The summed E-state index contributed by atoms with van der Waals surface area (Å²) >= 11 is 6.51. The molecule has 31 heavy (non-hydrogen) atoms. The Balaban J connectivity index is 1.97. The van der Waals surface area contributed by atoms with Crippen LogP contribution in [0.1, 0.15) is 5.56 Å². The second-order valence-corrected chi connectivity index (χ2v) is 7.52. The van der Waals surface area contributed by atoms with Gasteiger partial charge in [-0.3, -0.25) is 15.1 Å². The van der Waals surface area contributed by atoms with Gasteiger partial charge < -0.3 is 0 Å². The van der Waals surface area contributed by atoms with Crippen LogP contribution in [0.5, 0.6) is 0 Å². The molecule has 0 N–H and O–H groups in total. The van der Waals surface area contributed by atoms with Gasteiger partial charge in [-0.15, -0.1) is 5.10 Å². The first kappa shape index (κ1) is 19.0. The van der Waals surface area contributed by atoms with E-state index in [4.69, 9.17) is 16.6 Å². The molecule has 0 saturated heterocycles. The number of aryl methyl sites for hydroxylation is 1. The number of non-ortho nitro benzene ring substituents is 1. The first-order valence-corrected chi connectivity index (χ1v) is 9.82. The van der Waals surface area contributed by atoms with Gasteiger partial charge in [-0.1, -0.05) is 53.6 Å². The second kappa shape index (κ2) is 7.37. The molecule has 2 heterocycles. The summed E-state index contributed by atoms with van der Waals surface area (Å²) < 4.78 is 0. The molecule has 0 aliphatic carbocycles.